The molecule has 0 aromatic carbocycles. The van der Waals surface area contributed by atoms with E-state index in [0.717, 1.165) is 0 Å². The molecule has 2 N–H and O–H groups in total. The van der Waals surface area contributed by atoms with Crippen molar-refractivity contribution < 1.29 is 14.6 Å². The zero-order valence-electron chi connectivity index (χ0n) is 9.49. The summed E-state index contributed by atoms with van der Waals surface area (Å²) in [6, 6.07) is 0. The lowest BCUT2D eigenvalue weighted by Gasteiger charge is -2.48. The van der Waals surface area contributed by atoms with E-state index < -0.39 is 6.10 Å². The van der Waals surface area contributed by atoms with E-state index in [1.807, 2.05) is 20.8 Å². The summed E-state index contributed by atoms with van der Waals surface area (Å²) in [6.07, 6.45) is -0.617. The lowest BCUT2D eigenvalue weighted by molar-refractivity contribution is -0.250. The summed E-state index contributed by atoms with van der Waals surface area (Å²) in [5, 5.41) is 17.6. The highest BCUT2D eigenvalue weighted by Crippen LogP contribution is 2.34. The van der Waals surface area contributed by atoms with E-state index in [9.17, 15) is 5.11 Å². The molecule has 1 saturated heterocycles. The molecule has 1 heterocycles. The minimum atomic E-state index is -0.588. The highest BCUT2D eigenvalue weighted by Gasteiger charge is 2.47. The van der Waals surface area contributed by atoms with Crippen LogP contribution in [-0.4, -0.2) is 41.3 Å². The summed E-state index contributed by atoms with van der Waals surface area (Å²) >= 11 is 0. The molecule has 0 amide bonds. The monoisotopic (exact) mass is 213 g/mol. The SMILES string of the molecule is CC1C(=N)C[C@H](O)C2OCC(C)(C)OC12. The number of ether oxygens (including phenoxy) is 2. The molecule has 0 aromatic heterocycles. The van der Waals surface area contributed by atoms with Crippen molar-refractivity contribution in [1.29, 1.82) is 5.41 Å². The van der Waals surface area contributed by atoms with Crippen LogP contribution in [0.15, 0.2) is 0 Å². The molecule has 0 aromatic rings. The number of hydrogen-bond donors (Lipinski definition) is 2. The molecule has 4 atom stereocenters. The van der Waals surface area contributed by atoms with E-state index in [4.69, 9.17) is 14.9 Å². The van der Waals surface area contributed by atoms with E-state index in [1.54, 1.807) is 0 Å². The molecule has 0 bridgehead atoms. The van der Waals surface area contributed by atoms with Gasteiger partial charge in [-0.25, -0.2) is 0 Å². The topological polar surface area (TPSA) is 62.5 Å². The fourth-order valence-corrected chi connectivity index (χ4v) is 2.30. The van der Waals surface area contributed by atoms with Crippen molar-refractivity contribution in [2.75, 3.05) is 6.61 Å². The number of hydrogen-bond acceptors (Lipinski definition) is 4. The Morgan fingerprint density at radius 2 is 2.07 bits per heavy atom. The minimum Gasteiger partial charge on any atom is -0.390 e. The van der Waals surface area contributed by atoms with Crippen LogP contribution in [0.4, 0.5) is 0 Å². The first-order valence-corrected chi connectivity index (χ1v) is 5.45. The molecule has 1 saturated carbocycles. The molecule has 2 rings (SSSR count). The Morgan fingerprint density at radius 1 is 1.40 bits per heavy atom. The normalized spacial score (nSPS) is 44.9. The largest absolute Gasteiger partial charge is 0.390 e. The van der Waals surface area contributed by atoms with Crippen LogP contribution in [0.3, 0.4) is 0 Å². The van der Waals surface area contributed by atoms with Crippen LogP contribution in [0, 0.1) is 11.3 Å². The summed E-state index contributed by atoms with van der Waals surface area (Å²) in [6.45, 7) is 6.42. The maximum absolute atomic E-state index is 9.82. The standard InChI is InChI=1S/C11H19NO3/c1-6-7(12)4-8(13)10-9(6)15-11(2,3)5-14-10/h6,8-10,12-13H,4-5H2,1-3H3/t6?,8-,9?,10?/m0/s1. The van der Waals surface area contributed by atoms with Crippen molar-refractivity contribution in [2.24, 2.45) is 5.92 Å². The van der Waals surface area contributed by atoms with Gasteiger partial charge in [-0.05, 0) is 13.8 Å². The molecule has 3 unspecified atom stereocenters. The van der Waals surface area contributed by atoms with Gasteiger partial charge in [0.05, 0.1) is 24.4 Å². The van der Waals surface area contributed by atoms with Gasteiger partial charge in [0.2, 0.25) is 0 Å². The maximum atomic E-state index is 9.82. The van der Waals surface area contributed by atoms with Gasteiger partial charge in [0, 0.05) is 18.1 Å². The van der Waals surface area contributed by atoms with Crippen molar-refractivity contribution in [1.82, 2.24) is 0 Å². The van der Waals surface area contributed by atoms with E-state index in [0.29, 0.717) is 18.7 Å². The molecule has 86 valence electrons. The Labute approximate surface area is 90.1 Å². The number of nitrogens with one attached hydrogen (secondary N) is 1. The van der Waals surface area contributed by atoms with Crippen LogP contribution < -0.4 is 0 Å². The summed E-state index contributed by atoms with van der Waals surface area (Å²) in [7, 11) is 0. The van der Waals surface area contributed by atoms with Crippen LogP contribution >= 0.6 is 0 Å². The zero-order valence-corrected chi connectivity index (χ0v) is 9.49. The van der Waals surface area contributed by atoms with Crippen molar-refractivity contribution in [3.63, 3.8) is 0 Å². The summed E-state index contributed by atoms with van der Waals surface area (Å²) in [4.78, 5) is 0. The van der Waals surface area contributed by atoms with Crippen LogP contribution in [0.1, 0.15) is 27.2 Å². The molecule has 1 aliphatic carbocycles. The van der Waals surface area contributed by atoms with Crippen molar-refractivity contribution in [3.8, 4) is 0 Å². The minimum absolute atomic E-state index is 0.0398. The number of fused-ring (bicyclic) bond motifs is 1. The highest BCUT2D eigenvalue weighted by molar-refractivity contribution is 5.85. The Bertz CT molecular complexity index is 277. The molecule has 15 heavy (non-hydrogen) atoms. The first-order valence-electron chi connectivity index (χ1n) is 5.45. The third-order valence-corrected chi connectivity index (χ3v) is 3.25. The van der Waals surface area contributed by atoms with Gasteiger partial charge in [0.15, 0.2) is 0 Å². The smallest absolute Gasteiger partial charge is 0.111 e. The van der Waals surface area contributed by atoms with Crippen LogP contribution in [0.25, 0.3) is 0 Å². The second-order valence-electron chi connectivity index (χ2n) is 5.20. The predicted molar refractivity (Wildman–Crippen MR) is 56.2 cm³/mol. The lowest BCUT2D eigenvalue weighted by atomic mass is 9.81. The van der Waals surface area contributed by atoms with Gasteiger partial charge in [-0.15, -0.1) is 0 Å². The number of rotatable bonds is 0. The van der Waals surface area contributed by atoms with Crippen LogP contribution in [0.2, 0.25) is 0 Å². The fraction of sp³-hybridized carbons (Fsp3) is 0.909. The van der Waals surface area contributed by atoms with E-state index in [-0.39, 0.29) is 23.7 Å². The molecular weight excluding hydrogens is 194 g/mol. The first-order chi connectivity index (χ1) is 6.91. The Kier molecular flexibility index (Phi) is 2.61. The molecule has 0 radical (unpaired) electrons. The summed E-state index contributed by atoms with van der Waals surface area (Å²) in [5.41, 5.74) is 0.248. The molecule has 2 aliphatic rings. The number of aliphatic hydroxyl groups is 1. The average Bonchev–Trinajstić information content (AvgIpc) is 2.13. The summed E-state index contributed by atoms with van der Waals surface area (Å²) < 4.78 is 11.6. The van der Waals surface area contributed by atoms with Gasteiger partial charge in [-0.3, -0.25) is 0 Å². The molecule has 4 heteroatoms. The zero-order chi connectivity index (χ0) is 11.2. The second kappa shape index (κ2) is 3.54. The molecule has 1 aliphatic heterocycles. The molecular formula is C11H19NO3. The van der Waals surface area contributed by atoms with Crippen molar-refractivity contribution in [2.45, 2.75) is 51.1 Å². The van der Waals surface area contributed by atoms with Crippen LogP contribution in [-0.2, 0) is 9.47 Å². The molecule has 4 nitrogen and oxygen atoms in total. The van der Waals surface area contributed by atoms with Gasteiger partial charge >= 0.3 is 0 Å². The Hall–Kier alpha value is -0.450. The predicted octanol–water partition coefficient (Wildman–Crippen LogP) is 0.969. The van der Waals surface area contributed by atoms with E-state index in [1.165, 1.54) is 0 Å². The molecule has 0 spiro atoms. The Morgan fingerprint density at radius 3 is 2.73 bits per heavy atom. The Balaban J connectivity index is 2.18. The van der Waals surface area contributed by atoms with Gasteiger partial charge in [-0.1, -0.05) is 6.92 Å². The second-order valence-corrected chi connectivity index (χ2v) is 5.20. The van der Waals surface area contributed by atoms with Gasteiger partial charge in [0.1, 0.15) is 6.10 Å². The quantitative estimate of drug-likeness (QED) is 0.630. The van der Waals surface area contributed by atoms with Crippen molar-refractivity contribution >= 4 is 5.71 Å². The first kappa shape index (κ1) is 11.0. The van der Waals surface area contributed by atoms with Gasteiger partial charge in [0.25, 0.3) is 0 Å². The van der Waals surface area contributed by atoms with Crippen molar-refractivity contribution in [3.05, 3.63) is 0 Å². The van der Waals surface area contributed by atoms with Gasteiger partial charge < -0.3 is 20.0 Å². The average molecular weight is 213 g/mol. The maximum Gasteiger partial charge on any atom is 0.111 e. The fourth-order valence-electron chi connectivity index (χ4n) is 2.30. The molecule has 2 fully saturated rings. The van der Waals surface area contributed by atoms with Gasteiger partial charge in [-0.2, -0.15) is 0 Å². The summed E-state index contributed by atoms with van der Waals surface area (Å²) in [5.74, 6) is 0.0398. The third kappa shape index (κ3) is 1.94. The third-order valence-electron chi connectivity index (χ3n) is 3.25. The van der Waals surface area contributed by atoms with Crippen LogP contribution in [0.5, 0.6) is 0 Å². The highest BCUT2D eigenvalue weighted by atomic mass is 16.6. The van der Waals surface area contributed by atoms with E-state index in [2.05, 4.69) is 0 Å². The lowest BCUT2D eigenvalue weighted by Crippen LogP contribution is -2.59. The number of aliphatic hydroxyl groups excluding tert-OH is 1. The van der Waals surface area contributed by atoms with E-state index >= 15 is 0 Å².